The standard InChI is InChI=1S/C22H22N2O3S2/c1-15-6-8-18(9-7-15)23-29(26,27)19-5-3-4-17(14-19)22(25)24-12-10-21-20(16(24)2)11-13-28-21/h3-9,11,13-14,16,23H,10,12H2,1-2H3/t16-/m0/s1. The number of hydrogen-bond donors (Lipinski definition) is 1. The van der Waals surface area contributed by atoms with Crippen molar-refractivity contribution >= 4 is 33.0 Å². The minimum atomic E-state index is -3.79. The molecule has 1 atom stereocenters. The Morgan fingerprint density at radius 3 is 2.66 bits per heavy atom. The largest absolute Gasteiger partial charge is 0.331 e. The third kappa shape index (κ3) is 3.93. The maximum Gasteiger partial charge on any atom is 0.261 e. The fourth-order valence-electron chi connectivity index (χ4n) is 3.58. The SMILES string of the molecule is Cc1ccc(NS(=O)(=O)c2cccc(C(=O)N3CCc4sccc4[C@@H]3C)c2)cc1. The highest BCUT2D eigenvalue weighted by atomic mass is 32.2. The van der Waals surface area contributed by atoms with Crippen LogP contribution in [0.5, 0.6) is 0 Å². The number of sulfonamides is 1. The highest BCUT2D eigenvalue weighted by Gasteiger charge is 2.29. The van der Waals surface area contributed by atoms with Gasteiger partial charge in [0.25, 0.3) is 15.9 Å². The molecule has 0 unspecified atom stereocenters. The summed E-state index contributed by atoms with van der Waals surface area (Å²) < 4.78 is 28.2. The van der Waals surface area contributed by atoms with E-state index >= 15 is 0 Å². The van der Waals surface area contributed by atoms with E-state index in [1.165, 1.54) is 22.6 Å². The second-order valence-electron chi connectivity index (χ2n) is 7.22. The van der Waals surface area contributed by atoms with E-state index in [9.17, 15) is 13.2 Å². The number of carbonyl (C=O) groups is 1. The fourth-order valence-corrected chi connectivity index (χ4v) is 5.65. The number of rotatable bonds is 4. The molecule has 1 amide bonds. The van der Waals surface area contributed by atoms with Crippen molar-refractivity contribution < 1.29 is 13.2 Å². The van der Waals surface area contributed by atoms with Crippen LogP contribution >= 0.6 is 11.3 Å². The van der Waals surface area contributed by atoms with E-state index in [0.717, 1.165) is 12.0 Å². The number of fused-ring (bicyclic) bond motifs is 1. The Labute approximate surface area is 175 Å². The second-order valence-corrected chi connectivity index (χ2v) is 9.91. The van der Waals surface area contributed by atoms with Crippen LogP contribution in [0, 0.1) is 6.92 Å². The van der Waals surface area contributed by atoms with Crippen molar-refractivity contribution in [2.24, 2.45) is 0 Å². The van der Waals surface area contributed by atoms with Crippen LogP contribution < -0.4 is 4.72 Å². The van der Waals surface area contributed by atoms with E-state index in [2.05, 4.69) is 16.2 Å². The molecule has 150 valence electrons. The third-order valence-electron chi connectivity index (χ3n) is 5.23. The van der Waals surface area contributed by atoms with Crippen molar-refractivity contribution in [1.82, 2.24) is 4.90 Å². The van der Waals surface area contributed by atoms with Crippen LogP contribution in [0.4, 0.5) is 5.69 Å². The van der Waals surface area contributed by atoms with Crippen LogP contribution in [-0.4, -0.2) is 25.8 Å². The molecule has 0 radical (unpaired) electrons. The average molecular weight is 427 g/mol. The summed E-state index contributed by atoms with van der Waals surface area (Å²) in [6, 6.07) is 15.4. The summed E-state index contributed by atoms with van der Waals surface area (Å²) in [5.41, 5.74) is 3.09. The molecule has 1 aliphatic rings. The van der Waals surface area contributed by atoms with E-state index in [4.69, 9.17) is 0 Å². The molecule has 0 aliphatic carbocycles. The number of amides is 1. The molecular weight excluding hydrogens is 404 g/mol. The predicted molar refractivity (Wildman–Crippen MR) is 116 cm³/mol. The van der Waals surface area contributed by atoms with Crippen LogP contribution in [0.1, 0.15) is 39.3 Å². The molecule has 1 N–H and O–H groups in total. The first-order chi connectivity index (χ1) is 13.8. The number of nitrogens with zero attached hydrogens (tertiary/aromatic N) is 1. The lowest BCUT2D eigenvalue weighted by Crippen LogP contribution is -2.38. The van der Waals surface area contributed by atoms with E-state index in [1.54, 1.807) is 35.6 Å². The minimum Gasteiger partial charge on any atom is -0.331 e. The van der Waals surface area contributed by atoms with Gasteiger partial charge in [0.15, 0.2) is 0 Å². The normalized spacial score (nSPS) is 16.3. The van der Waals surface area contributed by atoms with Crippen molar-refractivity contribution in [2.75, 3.05) is 11.3 Å². The maximum atomic E-state index is 13.1. The molecule has 3 aromatic rings. The van der Waals surface area contributed by atoms with Crippen LogP contribution in [0.25, 0.3) is 0 Å². The van der Waals surface area contributed by atoms with Gasteiger partial charge >= 0.3 is 0 Å². The lowest BCUT2D eigenvalue weighted by atomic mass is 10.0. The van der Waals surface area contributed by atoms with Gasteiger partial charge in [-0.25, -0.2) is 8.42 Å². The average Bonchev–Trinajstić information content (AvgIpc) is 3.19. The minimum absolute atomic E-state index is 0.0246. The maximum absolute atomic E-state index is 13.1. The summed E-state index contributed by atoms with van der Waals surface area (Å²) in [7, 11) is -3.79. The zero-order valence-electron chi connectivity index (χ0n) is 16.3. The summed E-state index contributed by atoms with van der Waals surface area (Å²) in [6.45, 7) is 4.59. The van der Waals surface area contributed by atoms with Crippen LogP contribution in [0.2, 0.25) is 0 Å². The molecule has 0 saturated carbocycles. The zero-order valence-corrected chi connectivity index (χ0v) is 17.9. The first-order valence-corrected chi connectivity index (χ1v) is 11.8. The summed E-state index contributed by atoms with van der Waals surface area (Å²) in [4.78, 5) is 16.3. The highest BCUT2D eigenvalue weighted by Crippen LogP contribution is 2.33. The van der Waals surface area contributed by atoms with Gasteiger partial charge in [-0.15, -0.1) is 11.3 Å². The summed E-state index contributed by atoms with van der Waals surface area (Å²) in [5.74, 6) is -0.151. The van der Waals surface area contributed by atoms with Crippen molar-refractivity contribution in [3.63, 3.8) is 0 Å². The monoisotopic (exact) mass is 426 g/mol. The predicted octanol–water partition coefficient (Wildman–Crippen LogP) is 4.62. The van der Waals surface area contributed by atoms with Crippen molar-refractivity contribution in [3.8, 4) is 0 Å². The fraction of sp³-hybridized carbons (Fsp3) is 0.227. The number of nitrogens with one attached hydrogen (secondary N) is 1. The van der Waals surface area contributed by atoms with Crippen LogP contribution in [-0.2, 0) is 16.4 Å². The lowest BCUT2D eigenvalue weighted by Gasteiger charge is -2.33. The number of thiophene rings is 1. The molecule has 2 heterocycles. The van der Waals surface area contributed by atoms with Gasteiger partial charge in [0.2, 0.25) is 0 Å². The number of hydrogen-bond acceptors (Lipinski definition) is 4. The molecule has 4 rings (SSSR count). The van der Waals surface area contributed by atoms with Gasteiger partial charge in [-0.3, -0.25) is 9.52 Å². The topological polar surface area (TPSA) is 66.5 Å². The molecule has 0 fully saturated rings. The van der Waals surface area contributed by atoms with Gasteiger partial charge in [0.05, 0.1) is 10.9 Å². The zero-order chi connectivity index (χ0) is 20.6. The Morgan fingerprint density at radius 2 is 1.90 bits per heavy atom. The van der Waals surface area contributed by atoms with Gasteiger partial charge in [0, 0.05) is 22.7 Å². The van der Waals surface area contributed by atoms with Crippen molar-refractivity contribution in [1.29, 1.82) is 0 Å². The Bertz CT molecular complexity index is 1150. The number of benzene rings is 2. The highest BCUT2D eigenvalue weighted by molar-refractivity contribution is 7.92. The van der Waals surface area contributed by atoms with Crippen molar-refractivity contribution in [3.05, 3.63) is 81.5 Å². The molecule has 2 aromatic carbocycles. The van der Waals surface area contributed by atoms with Gasteiger partial charge in [0.1, 0.15) is 0 Å². The second kappa shape index (κ2) is 7.65. The van der Waals surface area contributed by atoms with E-state index in [1.807, 2.05) is 30.9 Å². The Kier molecular flexibility index (Phi) is 5.19. The van der Waals surface area contributed by atoms with E-state index in [-0.39, 0.29) is 16.8 Å². The molecule has 0 spiro atoms. The number of aryl methyl sites for hydroxylation is 1. The molecule has 29 heavy (non-hydrogen) atoms. The van der Waals surface area contributed by atoms with Gasteiger partial charge < -0.3 is 4.90 Å². The Hall–Kier alpha value is -2.64. The summed E-state index contributed by atoms with van der Waals surface area (Å²) in [6.07, 6.45) is 0.829. The third-order valence-corrected chi connectivity index (χ3v) is 7.61. The smallest absolute Gasteiger partial charge is 0.261 e. The van der Waals surface area contributed by atoms with E-state index < -0.39 is 10.0 Å². The van der Waals surface area contributed by atoms with Crippen LogP contribution in [0.3, 0.4) is 0 Å². The number of carbonyl (C=O) groups excluding carboxylic acids is 1. The Morgan fingerprint density at radius 1 is 1.14 bits per heavy atom. The van der Waals surface area contributed by atoms with Gasteiger partial charge in [-0.2, -0.15) is 0 Å². The van der Waals surface area contributed by atoms with Gasteiger partial charge in [-0.1, -0.05) is 23.8 Å². The van der Waals surface area contributed by atoms with Crippen LogP contribution in [0.15, 0.2) is 64.9 Å². The lowest BCUT2D eigenvalue weighted by molar-refractivity contribution is 0.0679. The van der Waals surface area contributed by atoms with Gasteiger partial charge in [-0.05, 0) is 67.6 Å². The molecule has 5 nitrogen and oxygen atoms in total. The molecular formula is C22H22N2O3S2. The molecule has 0 saturated heterocycles. The first kappa shape index (κ1) is 19.7. The molecule has 1 aliphatic heterocycles. The van der Waals surface area contributed by atoms with E-state index in [0.29, 0.717) is 17.8 Å². The molecule has 7 heteroatoms. The summed E-state index contributed by atoms with van der Waals surface area (Å²) >= 11 is 1.72. The molecule has 1 aromatic heterocycles. The quantitative estimate of drug-likeness (QED) is 0.662. The van der Waals surface area contributed by atoms with Crippen molar-refractivity contribution in [2.45, 2.75) is 31.2 Å². The Balaban J connectivity index is 1.58. The molecule has 0 bridgehead atoms. The first-order valence-electron chi connectivity index (χ1n) is 9.42. The number of anilines is 1. The summed E-state index contributed by atoms with van der Waals surface area (Å²) in [5, 5.41) is 2.05.